The van der Waals surface area contributed by atoms with E-state index in [2.05, 4.69) is 16.2 Å². The molecule has 0 saturated carbocycles. The predicted octanol–water partition coefficient (Wildman–Crippen LogP) is 4.44. The van der Waals surface area contributed by atoms with Crippen molar-refractivity contribution in [3.63, 3.8) is 0 Å². The summed E-state index contributed by atoms with van der Waals surface area (Å²) in [6, 6.07) is 21.8. The lowest BCUT2D eigenvalue weighted by Crippen LogP contribution is -2.15. The zero-order valence-corrected chi connectivity index (χ0v) is 14.0. The highest BCUT2D eigenvalue weighted by molar-refractivity contribution is 5.92. The highest BCUT2D eigenvalue weighted by atomic mass is 16.5. The van der Waals surface area contributed by atoms with E-state index in [0.717, 1.165) is 39.2 Å². The van der Waals surface area contributed by atoms with Crippen LogP contribution in [0.5, 0.6) is 0 Å². The first kappa shape index (κ1) is 15.5. The molecule has 4 aromatic rings. The Kier molecular flexibility index (Phi) is 4.04. The molecule has 0 saturated heterocycles. The lowest BCUT2D eigenvalue weighted by Gasteiger charge is -2.15. The average molecular weight is 329 g/mol. The topological polar surface area (TPSA) is 64.9 Å². The molecular formula is C21H19N3O. The third-order valence-corrected chi connectivity index (χ3v) is 4.37. The average Bonchev–Trinajstić information content (AvgIpc) is 3.06. The van der Waals surface area contributed by atoms with Crippen molar-refractivity contribution in [2.45, 2.75) is 19.4 Å². The summed E-state index contributed by atoms with van der Waals surface area (Å²) in [7, 11) is 0. The molecule has 1 atom stereocenters. The molecule has 4 nitrogen and oxygen atoms in total. The van der Waals surface area contributed by atoms with E-state index in [0.29, 0.717) is 6.42 Å². The molecule has 4 rings (SSSR count). The van der Waals surface area contributed by atoms with Crippen LogP contribution < -0.4 is 5.73 Å². The molecular weight excluding hydrogens is 310 g/mol. The second-order valence-corrected chi connectivity index (χ2v) is 6.20. The Morgan fingerprint density at radius 1 is 0.960 bits per heavy atom. The number of hydrogen-bond acceptors (Lipinski definition) is 4. The van der Waals surface area contributed by atoms with E-state index in [1.807, 2.05) is 67.6 Å². The fourth-order valence-corrected chi connectivity index (χ4v) is 3.16. The quantitative estimate of drug-likeness (QED) is 0.601. The van der Waals surface area contributed by atoms with Crippen LogP contribution in [-0.4, -0.2) is 10.1 Å². The van der Waals surface area contributed by atoms with Crippen LogP contribution in [0.15, 0.2) is 71.3 Å². The molecule has 0 aliphatic heterocycles. The van der Waals surface area contributed by atoms with E-state index in [-0.39, 0.29) is 6.04 Å². The van der Waals surface area contributed by atoms with Gasteiger partial charge in [0.15, 0.2) is 5.58 Å². The molecule has 0 unspecified atom stereocenters. The summed E-state index contributed by atoms with van der Waals surface area (Å²) in [4.78, 5) is 4.57. The highest BCUT2D eigenvalue weighted by Crippen LogP contribution is 2.33. The number of nitrogens with two attached hydrogens (primary N) is 1. The maximum absolute atomic E-state index is 6.53. The maximum atomic E-state index is 6.53. The van der Waals surface area contributed by atoms with Gasteiger partial charge >= 0.3 is 0 Å². The Morgan fingerprint density at radius 3 is 2.64 bits per heavy atom. The molecule has 0 aliphatic carbocycles. The van der Waals surface area contributed by atoms with E-state index in [1.54, 1.807) is 0 Å². The van der Waals surface area contributed by atoms with Gasteiger partial charge in [0.05, 0.1) is 0 Å². The molecule has 0 aliphatic rings. The first-order valence-corrected chi connectivity index (χ1v) is 8.34. The van der Waals surface area contributed by atoms with Gasteiger partial charge in [-0.25, -0.2) is 0 Å². The maximum Gasteiger partial charge on any atom is 0.167 e. The largest absolute Gasteiger partial charge is 0.356 e. The highest BCUT2D eigenvalue weighted by Gasteiger charge is 2.17. The van der Waals surface area contributed by atoms with E-state index in [1.165, 1.54) is 0 Å². The zero-order chi connectivity index (χ0) is 17.2. The van der Waals surface area contributed by atoms with Crippen LogP contribution in [0.1, 0.15) is 23.0 Å². The number of para-hydroxylation sites is 1. The van der Waals surface area contributed by atoms with E-state index in [9.17, 15) is 0 Å². The van der Waals surface area contributed by atoms with Crippen molar-refractivity contribution < 1.29 is 4.52 Å². The summed E-state index contributed by atoms with van der Waals surface area (Å²) in [6.45, 7) is 1.99. The summed E-state index contributed by atoms with van der Waals surface area (Å²) in [6.07, 6.45) is 0.675. The van der Waals surface area contributed by atoms with Gasteiger partial charge in [-0.2, -0.15) is 0 Å². The fraction of sp³-hybridized carbons (Fsp3) is 0.143. The molecule has 0 spiro atoms. The molecule has 0 fully saturated rings. The molecule has 2 aromatic carbocycles. The van der Waals surface area contributed by atoms with Crippen molar-refractivity contribution in [1.29, 1.82) is 0 Å². The Hall–Kier alpha value is -2.98. The van der Waals surface area contributed by atoms with Crippen LogP contribution in [0.4, 0.5) is 0 Å². The second-order valence-electron chi connectivity index (χ2n) is 6.20. The Bertz CT molecular complexity index is 1020. The minimum atomic E-state index is -0.166. The lowest BCUT2D eigenvalue weighted by atomic mass is 9.94. The van der Waals surface area contributed by atoms with Crippen molar-refractivity contribution in [3.05, 3.63) is 83.7 Å². The summed E-state index contributed by atoms with van der Waals surface area (Å²) in [5.41, 5.74) is 12.2. The van der Waals surface area contributed by atoms with Crippen molar-refractivity contribution in [2.75, 3.05) is 0 Å². The summed E-state index contributed by atoms with van der Waals surface area (Å²) in [5, 5.41) is 5.28. The van der Waals surface area contributed by atoms with Gasteiger partial charge in [-0.1, -0.05) is 47.6 Å². The van der Waals surface area contributed by atoms with Gasteiger partial charge in [0.1, 0.15) is 5.69 Å². The standard InChI is InChI=1S/C21H19N3O/c1-14-7-6-8-15(23-14)13-19(22)16-9-2-3-10-17(16)21-18-11-4-5-12-20(18)25-24-21/h2-12,19H,13,22H2,1H3/t19-/m0/s1. The van der Waals surface area contributed by atoms with Crippen LogP contribution >= 0.6 is 0 Å². The van der Waals surface area contributed by atoms with E-state index >= 15 is 0 Å². The van der Waals surface area contributed by atoms with Gasteiger partial charge in [0, 0.05) is 34.8 Å². The number of hydrogen-bond donors (Lipinski definition) is 1. The Balaban J connectivity index is 1.74. The first-order valence-electron chi connectivity index (χ1n) is 8.34. The van der Waals surface area contributed by atoms with Gasteiger partial charge in [-0.3, -0.25) is 4.98 Å². The number of aryl methyl sites for hydroxylation is 1. The fourth-order valence-electron chi connectivity index (χ4n) is 3.16. The summed E-state index contributed by atoms with van der Waals surface area (Å²) >= 11 is 0. The molecule has 124 valence electrons. The van der Waals surface area contributed by atoms with E-state index in [4.69, 9.17) is 10.3 Å². The molecule has 2 N–H and O–H groups in total. The van der Waals surface area contributed by atoms with Crippen LogP contribution in [0.3, 0.4) is 0 Å². The molecule has 2 aromatic heterocycles. The molecule has 0 amide bonds. The molecule has 0 bridgehead atoms. The molecule has 0 radical (unpaired) electrons. The number of fused-ring (bicyclic) bond motifs is 1. The Labute approximate surface area is 146 Å². The number of pyridine rings is 1. The number of aromatic nitrogens is 2. The summed E-state index contributed by atoms with van der Waals surface area (Å²) < 4.78 is 5.47. The third-order valence-electron chi connectivity index (χ3n) is 4.37. The smallest absolute Gasteiger partial charge is 0.167 e. The van der Waals surface area contributed by atoms with Crippen LogP contribution in [0, 0.1) is 6.92 Å². The number of nitrogens with zero attached hydrogens (tertiary/aromatic N) is 2. The van der Waals surface area contributed by atoms with Crippen LogP contribution in [-0.2, 0) is 6.42 Å². The molecule has 25 heavy (non-hydrogen) atoms. The minimum absolute atomic E-state index is 0.166. The van der Waals surface area contributed by atoms with Gasteiger partial charge in [-0.05, 0) is 36.8 Å². The normalized spacial score (nSPS) is 12.4. The third kappa shape index (κ3) is 3.04. The van der Waals surface area contributed by atoms with Gasteiger partial charge in [0.25, 0.3) is 0 Å². The molecule has 2 heterocycles. The number of rotatable bonds is 4. The van der Waals surface area contributed by atoms with Gasteiger partial charge in [-0.15, -0.1) is 0 Å². The van der Waals surface area contributed by atoms with Gasteiger partial charge < -0.3 is 10.3 Å². The SMILES string of the molecule is Cc1cccc(C[C@H](N)c2ccccc2-c2noc3ccccc23)n1. The first-order chi connectivity index (χ1) is 12.2. The second kappa shape index (κ2) is 6.49. The van der Waals surface area contributed by atoms with Crippen molar-refractivity contribution in [2.24, 2.45) is 5.73 Å². The van der Waals surface area contributed by atoms with Crippen molar-refractivity contribution >= 4 is 11.0 Å². The van der Waals surface area contributed by atoms with Crippen molar-refractivity contribution in [1.82, 2.24) is 10.1 Å². The van der Waals surface area contributed by atoms with Gasteiger partial charge in [0.2, 0.25) is 0 Å². The van der Waals surface area contributed by atoms with Crippen LogP contribution in [0.25, 0.3) is 22.2 Å². The lowest BCUT2D eigenvalue weighted by molar-refractivity contribution is 0.459. The van der Waals surface area contributed by atoms with Crippen LogP contribution in [0.2, 0.25) is 0 Å². The number of benzene rings is 2. The monoisotopic (exact) mass is 329 g/mol. The zero-order valence-electron chi connectivity index (χ0n) is 14.0. The Morgan fingerprint density at radius 2 is 1.76 bits per heavy atom. The minimum Gasteiger partial charge on any atom is -0.356 e. The molecule has 4 heteroatoms. The summed E-state index contributed by atoms with van der Waals surface area (Å²) in [5.74, 6) is 0. The van der Waals surface area contributed by atoms with E-state index < -0.39 is 0 Å². The predicted molar refractivity (Wildman–Crippen MR) is 99.1 cm³/mol. The van der Waals surface area contributed by atoms with Crippen molar-refractivity contribution in [3.8, 4) is 11.3 Å².